The lowest BCUT2D eigenvalue weighted by Crippen LogP contribution is -2.45. The summed E-state index contributed by atoms with van der Waals surface area (Å²) in [6.07, 6.45) is 73.4. The van der Waals surface area contributed by atoms with E-state index in [1.54, 1.807) is 6.08 Å². The van der Waals surface area contributed by atoms with Crippen molar-refractivity contribution >= 4 is 13.7 Å². The first-order valence-corrected chi connectivity index (χ1v) is 32.2. The smallest absolute Gasteiger partial charge is 0.387 e. The number of rotatable bonds is 56. The Morgan fingerprint density at radius 3 is 1.19 bits per heavy atom. The Labute approximate surface area is 447 Å². The monoisotopic (exact) mass is 1030 g/mol. The summed E-state index contributed by atoms with van der Waals surface area (Å²) in [5.41, 5.74) is 0. The van der Waals surface area contributed by atoms with Gasteiger partial charge in [0, 0.05) is 6.42 Å². The van der Waals surface area contributed by atoms with Gasteiger partial charge in [-0.2, -0.15) is 0 Å². The predicted molar refractivity (Wildman–Crippen MR) is 314 cm³/mol. The van der Waals surface area contributed by atoms with E-state index in [0.717, 1.165) is 51.4 Å². The molecule has 0 saturated carbocycles. The van der Waals surface area contributed by atoms with Crippen molar-refractivity contribution in [2.45, 2.75) is 296 Å². The summed E-state index contributed by atoms with van der Waals surface area (Å²) in [6, 6.07) is -0.871. The number of amides is 1. The molecule has 3 atom stereocenters. The zero-order valence-electron chi connectivity index (χ0n) is 48.2. The Morgan fingerprint density at radius 1 is 0.472 bits per heavy atom. The molecule has 0 fully saturated rings. The summed E-state index contributed by atoms with van der Waals surface area (Å²) in [7, 11) is 1.55. The van der Waals surface area contributed by atoms with Crippen LogP contribution in [0.2, 0.25) is 0 Å². The molecule has 0 radical (unpaired) electrons. The lowest BCUT2D eigenvalue weighted by Gasteiger charge is -2.25. The van der Waals surface area contributed by atoms with Crippen LogP contribution in [0.25, 0.3) is 0 Å². The van der Waals surface area contributed by atoms with E-state index in [2.05, 4.69) is 67.8 Å². The number of nitrogens with zero attached hydrogens (tertiary/aromatic N) is 1. The van der Waals surface area contributed by atoms with Crippen molar-refractivity contribution in [3.63, 3.8) is 0 Å². The Bertz CT molecular complexity index is 1360. The van der Waals surface area contributed by atoms with E-state index in [1.807, 2.05) is 27.2 Å². The molecule has 72 heavy (non-hydrogen) atoms. The molecular formula is C63H120N2O6P+. The number of aliphatic hydroxyl groups is 1. The van der Waals surface area contributed by atoms with Gasteiger partial charge in [0.1, 0.15) is 13.2 Å². The molecule has 0 rings (SSSR count). The SMILES string of the molecule is CCCCCCC/C=C\C/C=C\CCCCCCCCCCCCCCCCCCCCCC(=O)NC(COP(=O)(O)OCC[N+](C)(C)C)C(O)/C=C/CC/C=C/CC/C=C/CCCCCCCCCCC. The van der Waals surface area contributed by atoms with E-state index in [9.17, 15) is 19.4 Å². The van der Waals surface area contributed by atoms with Gasteiger partial charge in [-0.15, -0.1) is 0 Å². The van der Waals surface area contributed by atoms with Gasteiger partial charge in [0.2, 0.25) is 5.91 Å². The Morgan fingerprint density at radius 2 is 0.806 bits per heavy atom. The second-order valence-electron chi connectivity index (χ2n) is 22.1. The van der Waals surface area contributed by atoms with Gasteiger partial charge in [0.05, 0.1) is 39.9 Å². The van der Waals surface area contributed by atoms with E-state index in [1.165, 1.54) is 212 Å². The second-order valence-corrected chi connectivity index (χ2v) is 23.5. The van der Waals surface area contributed by atoms with Crippen LogP contribution in [0.1, 0.15) is 284 Å². The van der Waals surface area contributed by atoms with Crippen LogP contribution in [0.15, 0.2) is 60.8 Å². The fourth-order valence-corrected chi connectivity index (χ4v) is 9.61. The van der Waals surface area contributed by atoms with E-state index in [0.29, 0.717) is 17.4 Å². The zero-order valence-corrected chi connectivity index (χ0v) is 49.1. The fraction of sp³-hybridized carbons (Fsp3) is 0.825. The summed E-state index contributed by atoms with van der Waals surface area (Å²) in [6.45, 7) is 4.80. The number of hydrogen-bond acceptors (Lipinski definition) is 5. The molecule has 0 heterocycles. The second kappa shape index (κ2) is 54.0. The molecule has 0 aromatic heterocycles. The van der Waals surface area contributed by atoms with Crippen molar-refractivity contribution in [2.75, 3.05) is 40.9 Å². The first-order chi connectivity index (χ1) is 35.0. The van der Waals surface area contributed by atoms with Crippen molar-refractivity contribution in [1.29, 1.82) is 0 Å². The number of nitrogens with one attached hydrogen (secondary N) is 1. The number of carbonyl (C=O) groups is 1. The summed E-state index contributed by atoms with van der Waals surface area (Å²) >= 11 is 0. The molecule has 422 valence electrons. The highest BCUT2D eigenvalue weighted by atomic mass is 31.2. The van der Waals surface area contributed by atoms with Gasteiger partial charge in [0.25, 0.3) is 0 Å². The molecule has 8 nitrogen and oxygen atoms in total. The van der Waals surface area contributed by atoms with Gasteiger partial charge in [-0.05, 0) is 77.0 Å². The molecule has 9 heteroatoms. The highest BCUT2D eigenvalue weighted by Gasteiger charge is 2.27. The van der Waals surface area contributed by atoms with Crippen molar-refractivity contribution in [3.8, 4) is 0 Å². The van der Waals surface area contributed by atoms with Gasteiger partial charge in [-0.25, -0.2) is 4.57 Å². The van der Waals surface area contributed by atoms with Crippen LogP contribution in [-0.2, 0) is 18.4 Å². The van der Waals surface area contributed by atoms with Crippen molar-refractivity contribution in [2.24, 2.45) is 0 Å². The normalized spacial score (nSPS) is 14.3. The Hall–Kier alpha value is -1.80. The molecule has 0 aromatic carbocycles. The lowest BCUT2D eigenvalue weighted by molar-refractivity contribution is -0.870. The fourth-order valence-electron chi connectivity index (χ4n) is 8.87. The molecule has 0 saturated heterocycles. The first kappa shape index (κ1) is 70.2. The summed E-state index contributed by atoms with van der Waals surface area (Å²) < 4.78 is 23.7. The van der Waals surface area contributed by atoms with Gasteiger partial charge < -0.3 is 19.8 Å². The maximum absolute atomic E-state index is 13.0. The molecule has 0 aromatic rings. The van der Waals surface area contributed by atoms with Gasteiger partial charge in [-0.3, -0.25) is 13.8 Å². The number of carbonyl (C=O) groups excluding carboxylic acids is 1. The van der Waals surface area contributed by atoms with E-state index >= 15 is 0 Å². The highest BCUT2D eigenvalue weighted by molar-refractivity contribution is 7.47. The number of unbranched alkanes of at least 4 members (excludes halogenated alkanes) is 35. The number of hydrogen-bond donors (Lipinski definition) is 3. The minimum atomic E-state index is -4.36. The predicted octanol–water partition coefficient (Wildman–Crippen LogP) is 18.9. The average molecular weight is 1030 g/mol. The maximum Gasteiger partial charge on any atom is 0.472 e. The summed E-state index contributed by atoms with van der Waals surface area (Å²) in [5.74, 6) is -0.188. The minimum Gasteiger partial charge on any atom is -0.387 e. The lowest BCUT2D eigenvalue weighted by atomic mass is 10.0. The topological polar surface area (TPSA) is 105 Å². The summed E-state index contributed by atoms with van der Waals surface area (Å²) in [4.78, 5) is 23.3. The van der Waals surface area contributed by atoms with Crippen LogP contribution in [0.4, 0.5) is 0 Å². The number of quaternary nitrogens is 1. The minimum absolute atomic E-state index is 0.0532. The molecule has 0 aliphatic carbocycles. The van der Waals surface area contributed by atoms with Crippen LogP contribution in [0, 0.1) is 0 Å². The number of phosphoric acid groups is 1. The van der Waals surface area contributed by atoms with Crippen molar-refractivity contribution in [3.05, 3.63) is 60.8 Å². The van der Waals surface area contributed by atoms with Crippen LogP contribution in [0.3, 0.4) is 0 Å². The van der Waals surface area contributed by atoms with Crippen molar-refractivity contribution in [1.82, 2.24) is 5.32 Å². The number of allylic oxidation sites excluding steroid dienone is 9. The Kier molecular flexibility index (Phi) is 52.7. The molecule has 0 bridgehead atoms. The van der Waals surface area contributed by atoms with E-state index in [-0.39, 0.29) is 19.1 Å². The van der Waals surface area contributed by atoms with Crippen LogP contribution in [-0.4, -0.2) is 73.4 Å². The quantitative estimate of drug-likeness (QED) is 0.0243. The third-order valence-electron chi connectivity index (χ3n) is 13.7. The third kappa shape index (κ3) is 55.9. The molecule has 3 unspecified atom stereocenters. The van der Waals surface area contributed by atoms with Crippen LogP contribution in [0.5, 0.6) is 0 Å². The van der Waals surface area contributed by atoms with Gasteiger partial charge in [-0.1, -0.05) is 261 Å². The molecule has 0 aliphatic rings. The maximum atomic E-state index is 13.0. The molecule has 0 spiro atoms. The van der Waals surface area contributed by atoms with Crippen LogP contribution >= 0.6 is 7.82 Å². The van der Waals surface area contributed by atoms with Gasteiger partial charge in [0.15, 0.2) is 0 Å². The molecular weight excluding hydrogens is 912 g/mol. The largest absolute Gasteiger partial charge is 0.472 e. The molecule has 3 N–H and O–H groups in total. The first-order valence-electron chi connectivity index (χ1n) is 30.7. The highest BCUT2D eigenvalue weighted by Crippen LogP contribution is 2.43. The standard InChI is InChI=1S/C63H119N2O6P/c1-6-8-10-12-14-16-18-20-22-24-26-27-28-29-30-31-32-33-34-35-36-37-39-41-43-45-47-49-51-53-55-57-63(67)64-61(60-71-72(68,69)70-59-58-65(3,4)5)62(66)56-54-52-50-48-46-44-42-40-38-25-23-21-19-17-15-13-11-9-7-2/h18,20,24,26,38,40,46,48,54,56,61-62,66H,6-17,19,21-23,25,27-37,39,41-45,47,49-53,55,57-60H2,1-5H3,(H-,64,67,68,69)/p+1/b20-18-,26-24-,40-38+,48-46+,56-54+. The molecule has 0 aliphatic heterocycles. The van der Waals surface area contributed by atoms with E-state index < -0.39 is 20.0 Å². The Balaban J connectivity index is 4.14. The van der Waals surface area contributed by atoms with Crippen LogP contribution < -0.4 is 5.32 Å². The van der Waals surface area contributed by atoms with E-state index in [4.69, 9.17) is 9.05 Å². The number of aliphatic hydroxyl groups excluding tert-OH is 1. The average Bonchev–Trinajstić information content (AvgIpc) is 3.34. The zero-order chi connectivity index (χ0) is 52.7. The van der Waals surface area contributed by atoms with Crippen molar-refractivity contribution < 1.29 is 32.9 Å². The third-order valence-corrected chi connectivity index (χ3v) is 14.7. The summed E-state index contributed by atoms with van der Waals surface area (Å²) in [5, 5.41) is 13.9. The molecule has 1 amide bonds. The number of phosphoric ester groups is 1. The van der Waals surface area contributed by atoms with Gasteiger partial charge >= 0.3 is 7.82 Å². The number of likely N-dealkylation sites (N-methyl/N-ethyl adjacent to an activating group) is 1.